The molecule has 0 spiro atoms. The molecule has 1 aliphatic carbocycles. The number of amides is 1. The van der Waals surface area contributed by atoms with E-state index in [9.17, 15) is 9.59 Å². The number of likely N-dealkylation sites (tertiary alicyclic amines) is 1. The fourth-order valence-corrected chi connectivity index (χ4v) is 2.93. The quantitative estimate of drug-likeness (QED) is 0.671. The average molecular weight is 223 g/mol. The Labute approximate surface area is 97.2 Å². The van der Waals surface area contributed by atoms with Crippen molar-refractivity contribution in [2.75, 3.05) is 13.1 Å². The molecule has 0 bridgehead atoms. The van der Waals surface area contributed by atoms with E-state index in [1.807, 2.05) is 4.90 Å². The van der Waals surface area contributed by atoms with E-state index in [0.717, 1.165) is 38.5 Å². The largest absolute Gasteiger partial charge is 0.342 e. The summed E-state index contributed by atoms with van der Waals surface area (Å²) in [7, 11) is 0. The van der Waals surface area contributed by atoms with Gasteiger partial charge in [0.05, 0.1) is 0 Å². The van der Waals surface area contributed by atoms with Crippen LogP contribution in [0.5, 0.6) is 0 Å². The van der Waals surface area contributed by atoms with Crippen molar-refractivity contribution < 1.29 is 9.59 Å². The molecule has 0 radical (unpaired) electrons. The Bertz CT molecular complexity index is 259. The number of nitrogens with zero attached hydrogens (tertiary/aromatic N) is 1. The SMILES string of the molecule is O=CC1CCCN(C(=O)C2CCCCC2)C1. The van der Waals surface area contributed by atoms with Gasteiger partial charge in [-0.1, -0.05) is 19.3 Å². The summed E-state index contributed by atoms with van der Waals surface area (Å²) in [6.45, 7) is 1.53. The van der Waals surface area contributed by atoms with Gasteiger partial charge in [-0.15, -0.1) is 0 Å². The summed E-state index contributed by atoms with van der Waals surface area (Å²) < 4.78 is 0. The maximum absolute atomic E-state index is 12.2. The molecule has 1 saturated carbocycles. The topological polar surface area (TPSA) is 37.4 Å². The van der Waals surface area contributed by atoms with Gasteiger partial charge >= 0.3 is 0 Å². The van der Waals surface area contributed by atoms with Crippen LogP contribution in [0.1, 0.15) is 44.9 Å². The van der Waals surface area contributed by atoms with E-state index in [4.69, 9.17) is 0 Å². The van der Waals surface area contributed by atoms with Crippen LogP contribution in [0.15, 0.2) is 0 Å². The van der Waals surface area contributed by atoms with Crippen LogP contribution in [0.2, 0.25) is 0 Å². The molecule has 90 valence electrons. The first-order chi connectivity index (χ1) is 7.81. The molecule has 3 heteroatoms. The zero-order chi connectivity index (χ0) is 11.4. The van der Waals surface area contributed by atoms with Crippen molar-refractivity contribution in [2.45, 2.75) is 44.9 Å². The first-order valence-corrected chi connectivity index (χ1v) is 6.55. The van der Waals surface area contributed by atoms with Crippen molar-refractivity contribution in [3.63, 3.8) is 0 Å². The van der Waals surface area contributed by atoms with Crippen molar-refractivity contribution >= 4 is 12.2 Å². The van der Waals surface area contributed by atoms with E-state index >= 15 is 0 Å². The maximum Gasteiger partial charge on any atom is 0.225 e. The monoisotopic (exact) mass is 223 g/mol. The highest BCUT2D eigenvalue weighted by atomic mass is 16.2. The van der Waals surface area contributed by atoms with E-state index in [-0.39, 0.29) is 11.8 Å². The average Bonchev–Trinajstić information content (AvgIpc) is 2.39. The number of hydrogen-bond donors (Lipinski definition) is 0. The van der Waals surface area contributed by atoms with Crippen molar-refractivity contribution in [2.24, 2.45) is 11.8 Å². The highest BCUT2D eigenvalue weighted by Gasteiger charge is 2.29. The summed E-state index contributed by atoms with van der Waals surface area (Å²) >= 11 is 0. The highest BCUT2D eigenvalue weighted by molar-refractivity contribution is 5.79. The van der Waals surface area contributed by atoms with Crippen LogP contribution >= 0.6 is 0 Å². The number of hydrogen-bond acceptors (Lipinski definition) is 2. The van der Waals surface area contributed by atoms with Crippen LogP contribution in [0.25, 0.3) is 0 Å². The molecule has 1 heterocycles. The molecule has 1 unspecified atom stereocenters. The van der Waals surface area contributed by atoms with Crippen molar-refractivity contribution in [1.82, 2.24) is 4.90 Å². The van der Waals surface area contributed by atoms with Crippen molar-refractivity contribution in [3.05, 3.63) is 0 Å². The Morgan fingerprint density at radius 2 is 1.81 bits per heavy atom. The first kappa shape index (κ1) is 11.6. The van der Waals surface area contributed by atoms with Gasteiger partial charge in [-0.3, -0.25) is 4.79 Å². The number of piperidine rings is 1. The lowest BCUT2D eigenvalue weighted by Gasteiger charge is -2.34. The minimum absolute atomic E-state index is 0.0845. The standard InChI is InChI=1S/C13H21NO2/c15-10-11-5-4-8-14(9-11)13(16)12-6-2-1-3-7-12/h10-12H,1-9H2. The zero-order valence-electron chi connectivity index (χ0n) is 9.86. The predicted molar refractivity (Wildman–Crippen MR) is 61.9 cm³/mol. The lowest BCUT2D eigenvalue weighted by molar-refractivity contribution is -0.138. The van der Waals surface area contributed by atoms with E-state index < -0.39 is 0 Å². The second kappa shape index (κ2) is 5.46. The lowest BCUT2D eigenvalue weighted by atomic mass is 9.87. The molecular formula is C13H21NO2. The summed E-state index contributed by atoms with van der Waals surface area (Å²) in [5.41, 5.74) is 0. The molecule has 0 aromatic rings. The Kier molecular flexibility index (Phi) is 3.97. The van der Waals surface area contributed by atoms with Gasteiger partial charge in [-0.25, -0.2) is 0 Å². The summed E-state index contributed by atoms with van der Waals surface area (Å²) in [6.07, 6.45) is 8.74. The molecule has 2 rings (SSSR count). The number of carbonyl (C=O) groups is 2. The third kappa shape index (κ3) is 2.63. The molecule has 1 atom stereocenters. The van der Waals surface area contributed by atoms with Crippen LogP contribution in [-0.4, -0.2) is 30.2 Å². The van der Waals surface area contributed by atoms with E-state index in [1.165, 1.54) is 19.3 Å². The van der Waals surface area contributed by atoms with Gasteiger partial charge in [0, 0.05) is 24.9 Å². The van der Waals surface area contributed by atoms with Gasteiger partial charge in [0.2, 0.25) is 5.91 Å². The molecule has 2 aliphatic rings. The smallest absolute Gasteiger partial charge is 0.225 e. The fraction of sp³-hybridized carbons (Fsp3) is 0.846. The van der Waals surface area contributed by atoms with Crippen LogP contribution in [0.3, 0.4) is 0 Å². The molecule has 1 aliphatic heterocycles. The number of rotatable bonds is 2. The van der Waals surface area contributed by atoms with E-state index in [2.05, 4.69) is 0 Å². The molecule has 1 saturated heterocycles. The summed E-state index contributed by atoms with van der Waals surface area (Å²) in [5.74, 6) is 0.645. The molecule has 0 aromatic heterocycles. The van der Waals surface area contributed by atoms with Crippen molar-refractivity contribution in [3.8, 4) is 0 Å². The second-order valence-electron chi connectivity index (χ2n) is 5.16. The molecule has 3 nitrogen and oxygen atoms in total. The number of carbonyl (C=O) groups excluding carboxylic acids is 2. The Balaban J connectivity index is 1.90. The van der Waals surface area contributed by atoms with Gasteiger partial charge in [0.25, 0.3) is 0 Å². The molecule has 1 amide bonds. The van der Waals surface area contributed by atoms with E-state index in [1.54, 1.807) is 0 Å². The van der Waals surface area contributed by atoms with E-state index in [0.29, 0.717) is 12.5 Å². The second-order valence-corrected chi connectivity index (χ2v) is 5.16. The molecule has 0 N–H and O–H groups in total. The molecule has 16 heavy (non-hydrogen) atoms. The Hall–Kier alpha value is -0.860. The third-order valence-electron chi connectivity index (χ3n) is 3.92. The summed E-state index contributed by atoms with van der Waals surface area (Å²) in [6, 6.07) is 0. The molecule has 0 aromatic carbocycles. The van der Waals surface area contributed by atoms with Crippen LogP contribution in [0, 0.1) is 11.8 Å². The van der Waals surface area contributed by atoms with Crippen LogP contribution in [-0.2, 0) is 9.59 Å². The van der Waals surface area contributed by atoms with Crippen molar-refractivity contribution in [1.29, 1.82) is 0 Å². The van der Waals surface area contributed by atoms with Gasteiger partial charge in [0.1, 0.15) is 6.29 Å². The van der Waals surface area contributed by atoms with Gasteiger partial charge in [-0.2, -0.15) is 0 Å². The molecule has 2 fully saturated rings. The normalized spacial score (nSPS) is 27.8. The zero-order valence-corrected chi connectivity index (χ0v) is 9.86. The van der Waals surface area contributed by atoms with Gasteiger partial charge in [0.15, 0.2) is 0 Å². The fourth-order valence-electron chi connectivity index (χ4n) is 2.93. The minimum atomic E-state index is 0.0845. The summed E-state index contributed by atoms with van der Waals surface area (Å²) in [4.78, 5) is 24.9. The molecular weight excluding hydrogens is 202 g/mol. The highest BCUT2D eigenvalue weighted by Crippen LogP contribution is 2.27. The van der Waals surface area contributed by atoms with Gasteiger partial charge in [-0.05, 0) is 25.7 Å². The lowest BCUT2D eigenvalue weighted by Crippen LogP contribution is -2.43. The predicted octanol–water partition coefficient (Wildman–Crippen LogP) is 2.00. The maximum atomic E-state index is 12.2. The Morgan fingerprint density at radius 3 is 2.50 bits per heavy atom. The number of aldehydes is 1. The summed E-state index contributed by atoms with van der Waals surface area (Å²) in [5, 5.41) is 0. The van der Waals surface area contributed by atoms with Crippen LogP contribution in [0.4, 0.5) is 0 Å². The first-order valence-electron chi connectivity index (χ1n) is 6.55. The van der Waals surface area contributed by atoms with Crippen LogP contribution < -0.4 is 0 Å². The third-order valence-corrected chi connectivity index (χ3v) is 3.92. The Morgan fingerprint density at radius 1 is 1.06 bits per heavy atom. The van der Waals surface area contributed by atoms with Gasteiger partial charge < -0.3 is 9.69 Å². The minimum Gasteiger partial charge on any atom is -0.342 e.